The molecule has 0 unspecified atom stereocenters. The first kappa shape index (κ1) is 17.3. The molecule has 0 saturated heterocycles. The van der Waals surface area contributed by atoms with Crippen LogP contribution in [0.2, 0.25) is 0 Å². The van der Waals surface area contributed by atoms with Crippen LogP contribution in [0.4, 0.5) is 0 Å². The summed E-state index contributed by atoms with van der Waals surface area (Å²) < 4.78 is 2.29. The molecule has 4 rings (SSSR count). The summed E-state index contributed by atoms with van der Waals surface area (Å²) in [5.41, 5.74) is 9.87. The van der Waals surface area contributed by atoms with E-state index in [1.54, 1.807) is 0 Å². The Morgan fingerprint density at radius 1 is 0.815 bits per heavy atom. The lowest BCUT2D eigenvalue weighted by atomic mass is 9.96. The summed E-state index contributed by atoms with van der Waals surface area (Å²) >= 11 is 0. The van der Waals surface area contributed by atoms with E-state index in [9.17, 15) is 0 Å². The second kappa shape index (κ2) is 6.58. The fraction of sp³-hybridized carbons (Fsp3) is 0.208. The van der Waals surface area contributed by atoms with Crippen LogP contribution in [0.5, 0.6) is 0 Å². The lowest BCUT2D eigenvalue weighted by Crippen LogP contribution is -2.32. The van der Waals surface area contributed by atoms with Crippen molar-refractivity contribution in [3.05, 3.63) is 77.4 Å². The van der Waals surface area contributed by atoms with Crippen LogP contribution >= 0.6 is 0 Å². The Hall–Kier alpha value is -3.07. The van der Waals surface area contributed by atoms with Crippen LogP contribution in [0.1, 0.15) is 22.5 Å². The molecule has 134 valence electrons. The first-order valence-electron chi connectivity index (χ1n) is 9.24. The van der Waals surface area contributed by atoms with Crippen LogP contribution in [0.3, 0.4) is 0 Å². The molecule has 2 aromatic heterocycles. The highest BCUT2D eigenvalue weighted by molar-refractivity contribution is 5.93. The van der Waals surface area contributed by atoms with Gasteiger partial charge in [-0.1, -0.05) is 23.8 Å². The molecule has 0 radical (unpaired) electrons. The van der Waals surface area contributed by atoms with Gasteiger partial charge >= 0.3 is 0 Å². The van der Waals surface area contributed by atoms with E-state index in [0.29, 0.717) is 0 Å². The van der Waals surface area contributed by atoms with Crippen LogP contribution in [0.25, 0.3) is 33.3 Å². The molecule has 0 N–H and O–H groups in total. The van der Waals surface area contributed by atoms with E-state index < -0.39 is 0 Å². The Balaban J connectivity index is 1.96. The van der Waals surface area contributed by atoms with Crippen LogP contribution in [0, 0.1) is 27.7 Å². The Bertz CT molecular complexity index is 1160. The average molecular weight is 354 g/mol. The maximum Gasteiger partial charge on any atom is 0.213 e. The van der Waals surface area contributed by atoms with E-state index in [2.05, 4.69) is 84.8 Å². The Labute approximate surface area is 160 Å². The van der Waals surface area contributed by atoms with E-state index >= 15 is 0 Å². The number of hydrogen-bond acceptors (Lipinski definition) is 2. The molecule has 3 nitrogen and oxygen atoms in total. The van der Waals surface area contributed by atoms with Crippen LogP contribution in [-0.2, 0) is 7.05 Å². The zero-order chi connectivity index (χ0) is 19.1. The minimum atomic E-state index is 0.789. The maximum atomic E-state index is 4.36. The molecular formula is C24H24N3+. The predicted molar refractivity (Wildman–Crippen MR) is 111 cm³/mol. The zero-order valence-electron chi connectivity index (χ0n) is 16.5. The van der Waals surface area contributed by atoms with E-state index in [1.165, 1.54) is 38.9 Å². The SMILES string of the molecule is Cc1cc(C)c(C)c(-c2ccc3c(-c4cnc(C)nc4)cccc3[n+]2C)c1. The number of hydrogen-bond donors (Lipinski definition) is 0. The molecule has 4 aromatic rings. The van der Waals surface area contributed by atoms with Crippen molar-refractivity contribution >= 4 is 10.9 Å². The zero-order valence-corrected chi connectivity index (χ0v) is 16.5. The van der Waals surface area contributed by atoms with Crippen molar-refractivity contribution in [3.63, 3.8) is 0 Å². The summed E-state index contributed by atoms with van der Waals surface area (Å²) in [6.45, 7) is 8.45. The number of aromatic nitrogens is 3. The van der Waals surface area contributed by atoms with Gasteiger partial charge in [-0.15, -0.1) is 0 Å². The van der Waals surface area contributed by atoms with E-state index in [-0.39, 0.29) is 0 Å². The third kappa shape index (κ3) is 2.99. The molecule has 3 heteroatoms. The predicted octanol–water partition coefficient (Wildman–Crippen LogP) is 5.02. The van der Waals surface area contributed by atoms with Crippen molar-refractivity contribution in [1.82, 2.24) is 9.97 Å². The third-order valence-corrected chi connectivity index (χ3v) is 5.39. The minimum Gasteiger partial charge on any atom is -0.241 e. The average Bonchev–Trinajstić information content (AvgIpc) is 2.66. The van der Waals surface area contributed by atoms with Gasteiger partial charge in [0.1, 0.15) is 12.9 Å². The Morgan fingerprint density at radius 2 is 1.56 bits per heavy atom. The number of pyridine rings is 1. The second-order valence-corrected chi connectivity index (χ2v) is 7.29. The number of fused-ring (bicyclic) bond motifs is 1. The minimum absolute atomic E-state index is 0.789. The lowest BCUT2D eigenvalue weighted by Gasteiger charge is -2.11. The molecule has 0 aliphatic heterocycles. The fourth-order valence-electron chi connectivity index (χ4n) is 3.78. The van der Waals surface area contributed by atoms with Gasteiger partial charge in [-0.3, -0.25) is 0 Å². The standard InChI is InChI=1S/C24H24N3/c1-15-11-16(2)17(3)22(12-15)24-10-9-21-20(7-6-8-23(21)27(24)5)19-13-25-18(4)26-14-19/h6-14H,1-5H3/q+1. The summed E-state index contributed by atoms with van der Waals surface area (Å²) in [6, 6.07) is 15.4. The van der Waals surface area contributed by atoms with Gasteiger partial charge in [0.2, 0.25) is 11.2 Å². The topological polar surface area (TPSA) is 29.7 Å². The van der Waals surface area contributed by atoms with Crippen molar-refractivity contribution in [2.24, 2.45) is 7.05 Å². The van der Waals surface area contributed by atoms with Crippen molar-refractivity contribution in [2.75, 3.05) is 0 Å². The van der Waals surface area contributed by atoms with Gasteiger partial charge < -0.3 is 0 Å². The largest absolute Gasteiger partial charge is 0.241 e. The van der Waals surface area contributed by atoms with Crippen molar-refractivity contribution in [3.8, 4) is 22.4 Å². The molecule has 27 heavy (non-hydrogen) atoms. The summed E-state index contributed by atoms with van der Waals surface area (Å²) in [4.78, 5) is 8.73. The Morgan fingerprint density at radius 3 is 2.30 bits per heavy atom. The third-order valence-electron chi connectivity index (χ3n) is 5.39. The molecule has 0 spiro atoms. The summed E-state index contributed by atoms with van der Waals surface area (Å²) in [5, 5.41) is 1.21. The molecule has 0 amide bonds. The molecule has 0 bridgehead atoms. The smallest absolute Gasteiger partial charge is 0.213 e. The number of benzene rings is 2. The van der Waals surface area contributed by atoms with Gasteiger partial charge in [0.25, 0.3) is 0 Å². The number of rotatable bonds is 2. The summed E-state index contributed by atoms with van der Waals surface area (Å²) in [7, 11) is 2.14. The highest BCUT2D eigenvalue weighted by Crippen LogP contribution is 2.30. The van der Waals surface area contributed by atoms with Gasteiger partial charge in [0, 0.05) is 35.7 Å². The molecule has 0 aliphatic rings. The fourth-order valence-corrected chi connectivity index (χ4v) is 3.78. The first-order chi connectivity index (χ1) is 13.0. The van der Waals surface area contributed by atoms with Gasteiger partial charge in [0.15, 0.2) is 0 Å². The lowest BCUT2D eigenvalue weighted by molar-refractivity contribution is -0.633. The number of aryl methyl sites for hydroxylation is 4. The van der Waals surface area contributed by atoms with E-state index in [4.69, 9.17) is 0 Å². The van der Waals surface area contributed by atoms with Gasteiger partial charge in [-0.25, -0.2) is 9.97 Å². The van der Waals surface area contributed by atoms with Crippen LogP contribution in [0.15, 0.2) is 54.9 Å². The van der Waals surface area contributed by atoms with Crippen molar-refractivity contribution < 1.29 is 4.57 Å². The molecule has 0 saturated carbocycles. The monoisotopic (exact) mass is 354 g/mol. The van der Waals surface area contributed by atoms with Crippen LogP contribution < -0.4 is 4.57 Å². The molecule has 0 aliphatic carbocycles. The molecule has 2 aromatic carbocycles. The highest BCUT2D eigenvalue weighted by Gasteiger charge is 2.18. The first-order valence-corrected chi connectivity index (χ1v) is 9.24. The molecule has 0 fully saturated rings. The maximum absolute atomic E-state index is 4.36. The molecule has 0 atom stereocenters. The molecule has 2 heterocycles. The second-order valence-electron chi connectivity index (χ2n) is 7.29. The van der Waals surface area contributed by atoms with Gasteiger partial charge in [-0.05, 0) is 56.5 Å². The normalized spacial score (nSPS) is 11.1. The Kier molecular flexibility index (Phi) is 4.23. The summed E-state index contributed by atoms with van der Waals surface area (Å²) in [6.07, 6.45) is 3.80. The van der Waals surface area contributed by atoms with Crippen molar-refractivity contribution in [1.29, 1.82) is 0 Å². The highest BCUT2D eigenvalue weighted by atomic mass is 14.9. The van der Waals surface area contributed by atoms with Gasteiger partial charge in [0.05, 0.1) is 5.39 Å². The van der Waals surface area contributed by atoms with E-state index in [1.807, 2.05) is 19.3 Å². The number of nitrogens with zero attached hydrogens (tertiary/aromatic N) is 3. The van der Waals surface area contributed by atoms with E-state index in [0.717, 1.165) is 17.0 Å². The quantitative estimate of drug-likeness (QED) is 0.473. The molecular weight excluding hydrogens is 330 g/mol. The van der Waals surface area contributed by atoms with Crippen molar-refractivity contribution in [2.45, 2.75) is 27.7 Å². The van der Waals surface area contributed by atoms with Gasteiger partial charge in [-0.2, -0.15) is 4.57 Å². The van der Waals surface area contributed by atoms with Crippen LogP contribution in [-0.4, -0.2) is 9.97 Å². The summed E-state index contributed by atoms with van der Waals surface area (Å²) in [5.74, 6) is 0.789.